The van der Waals surface area contributed by atoms with Gasteiger partial charge >= 0.3 is 0 Å². The van der Waals surface area contributed by atoms with Crippen LogP contribution in [0.4, 0.5) is 0 Å². The Morgan fingerprint density at radius 2 is 2.11 bits per heavy atom. The molecule has 1 heterocycles. The van der Waals surface area contributed by atoms with Crippen LogP contribution in [0.2, 0.25) is 0 Å². The average Bonchev–Trinajstić information content (AvgIpc) is 3.09. The number of amides is 1. The predicted molar refractivity (Wildman–Crippen MR) is 111 cm³/mol. The highest BCUT2D eigenvalue weighted by Gasteiger charge is 2.11. The minimum absolute atomic E-state index is 0. The zero-order valence-electron chi connectivity index (χ0n) is 16.0. The monoisotopic (exact) mass is 413 g/mol. The highest BCUT2D eigenvalue weighted by Crippen LogP contribution is 2.28. The van der Waals surface area contributed by atoms with Crippen molar-refractivity contribution in [2.75, 3.05) is 20.3 Å². The molecule has 0 spiro atoms. The molecule has 0 aliphatic rings. The average molecular weight is 414 g/mol. The van der Waals surface area contributed by atoms with E-state index in [0.717, 1.165) is 17.0 Å². The molecule has 0 aliphatic carbocycles. The Morgan fingerprint density at radius 1 is 1.33 bits per heavy atom. The lowest BCUT2D eigenvalue weighted by Crippen LogP contribution is -2.23. The van der Waals surface area contributed by atoms with Crippen LogP contribution in [0.1, 0.15) is 41.3 Å². The van der Waals surface area contributed by atoms with Gasteiger partial charge in [-0.15, -0.1) is 23.7 Å². The normalized spacial score (nSPS) is 10.4. The molecule has 0 aliphatic heterocycles. The SMILES string of the molecule is COc1cc(CNC(=O)c2csc(CCN)n2)ccc1OCCC(C)C.Cl. The largest absolute Gasteiger partial charge is 0.493 e. The number of benzene rings is 1. The maximum Gasteiger partial charge on any atom is 0.271 e. The van der Waals surface area contributed by atoms with Gasteiger partial charge in [0.1, 0.15) is 5.69 Å². The molecule has 3 N–H and O–H groups in total. The Kier molecular flexibility index (Phi) is 10.1. The minimum Gasteiger partial charge on any atom is -0.493 e. The number of rotatable bonds is 10. The maximum atomic E-state index is 12.2. The van der Waals surface area contributed by atoms with Gasteiger partial charge in [0.2, 0.25) is 0 Å². The summed E-state index contributed by atoms with van der Waals surface area (Å²) in [6.07, 6.45) is 1.67. The molecule has 0 fully saturated rings. The minimum atomic E-state index is -0.194. The fourth-order valence-electron chi connectivity index (χ4n) is 2.27. The van der Waals surface area contributed by atoms with Crippen molar-refractivity contribution in [1.29, 1.82) is 0 Å². The maximum absolute atomic E-state index is 12.2. The Hall–Kier alpha value is -1.83. The first-order valence-corrected chi connectivity index (χ1v) is 9.63. The van der Waals surface area contributed by atoms with Gasteiger partial charge in [0.15, 0.2) is 11.5 Å². The summed E-state index contributed by atoms with van der Waals surface area (Å²) in [5.41, 5.74) is 6.87. The van der Waals surface area contributed by atoms with Crippen molar-refractivity contribution in [3.63, 3.8) is 0 Å². The van der Waals surface area contributed by atoms with E-state index in [-0.39, 0.29) is 18.3 Å². The van der Waals surface area contributed by atoms with E-state index < -0.39 is 0 Å². The molecule has 2 aromatic rings. The Balaban J connectivity index is 0.00000364. The van der Waals surface area contributed by atoms with E-state index in [1.165, 1.54) is 11.3 Å². The van der Waals surface area contributed by atoms with Crippen LogP contribution >= 0.6 is 23.7 Å². The van der Waals surface area contributed by atoms with Crippen LogP contribution in [0, 0.1) is 5.92 Å². The molecule has 0 radical (unpaired) electrons. The highest BCUT2D eigenvalue weighted by atomic mass is 35.5. The standard InChI is InChI=1S/C19H27N3O3S.ClH/c1-13(2)7-9-25-16-5-4-14(10-17(16)24-3)11-21-19(23)15-12-26-18(22-15)6-8-20;/h4-5,10,12-13H,6-9,11,20H2,1-3H3,(H,21,23);1H. The molecule has 0 unspecified atom stereocenters. The third kappa shape index (κ3) is 7.36. The third-order valence-electron chi connectivity index (χ3n) is 3.78. The first-order chi connectivity index (χ1) is 12.5. The van der Waals surface area contributed by atoms with Crippen LogP contribution in [-0.4, -0.2) is 31.2 Å². The van der Waals surface area contributed by atoms with Gasteiger partial charge in [-0.1, -0.05) is 19.9 Å². The molecule has 2 rings (SSSR count). The smallest absolute Gasteiger partial charge is 0.271 e. The number of nitrogens with two attached hydrogens (primary N) is 1. The molecule has 0 saturated carbocycles. The molecule has 0 saturated heterocycles. The van der Waals surface area contributed by atoms with Gasteiger partial charge in [-0.2, -0.15) is 0 Å². The van der Waals surface area contributed by atoms with Crippen molar-refractivity contribution in [3.8, 4) is 11.5 Å². The quantitative estimate of drug-likeness (QED) is 0.623. The van der Waals surface area contributed by atoms with E-state index in [9.17, 15) is 4.79 Å². The number of hydrogen-bond donors (Lipinski definition) is 2. The van der Waals surface area contributed by atoms with Gasteiger partial charge in [0, 0.05) is 18.3 Å². The molecule has 150 valence electrons. The molecule has 0 atom stereocenters. The molecular formula is C19H28ClN3O3S. The molecule has 1 aromatic carbocycles. The zero-order valence-corrected chi connectivity index (χ0v) is 17.6. The van der Waals surface area contributed by atoms with Crippen molar-refractivity contribution in [1.82, 2.24) is 10.3 Å². The highest BCUT2D eigenvalue weighted by molar-refractivity contribution is 7.09. The summed E-state index contributed by atoms with van der Waals surface area (Å²) >= 11 is 1.45. The lowest BCUT2D eigenvalue weighted by Gasteiger charge is -2.13. The summed E-state index contributed by atoms with van der Waals surface area (Å²) in [5.74, 6) is 1.78. The van der Waals surface area contributed by atoms with E-state index in [2.05, 4.69) is 24.1 Å². The van der Waals surface area contributed by atoms with Crippen molar-refractivity contribution in [2.45, 2.75) is 33.2 Å². The van der Waals surface area contributed by atoms with Gasteiger partial charge in [-0.05, 0) is 36.6 Å². The molecule has 6 nitrogen and oxygen atoms in total. The number of nitrogens with one attached hydrogen (secondary N) is 1. The van der Waals surface area contributed by atoms with E-state index in [0.29, 0.717) is 49.2 Å². The second kappa shape index (κ2) is 11.8. The summed E-state index contributed by atoms with van der Waals surface area (Å²) in [5, 5.41) is 5.51. The van der Waals surface area contributed by atoms with Crippen molar-refractivity contribution >= 4 is 29.7 Å². The number of nitrogens with zero attached hydrogens (tertiary/aromatic N) is 1. The Bertz CT molecular complexity index is 722. The number of carbonyl (C=O) groups excluding carboxylic acids is 1. The van der Waals surface area contributed by atoms with Crippen molar-refractivity contribution in [2.24, 2.45) is 11.7 Å². The summed E-state index contributed by atoms with van der Waals surface area (Å²) in [7, 11) is 1.61. The second-order valence-electron chi connectivity index (χ2n) is 6.36. The van der Waals surface area contributed by atoms with Gasteiger partial charge in [0.05, 0.1) is 18.7 Å². The number of carbonyl (C=O) groups is 1. The Morgan fingerprint density at radius 3 is 2.78 bits per heavy atom. The summed E-state index contributed by atoms with van der Waals surface area (Å²) in [4.78, 5) is 16.5. The fourth-order valence-corrected chi connectivity index (χ4v) is 3.07. The van der Waals surface area contributed by atoms with Crippen molar-refractivity contribution in [3.05, 3.63) is 39.8 Å². The first kappa shape index (κ1) is 23.2. The van der Waals surface area contributed by atoms with Gasteiger partial charge < -0.3 is 20.5 Å². The molecule has 8 heteroatoms. The molecule has 0 bridgehead atoms. The first-order valence-electron chi connectivity index (χ1n) is 8.75. The van der Waals surface area contributed by atoms with Crippen LogP contribution < -0.4 is 20.5 Å². The van der Waals surface area contributed by atoms with E-state index in [4.69, 9.17) is 15.2 Å². The van der Waals surface area contributed by atoms with Crippen LogP contribution in [0.25, 0.3) is 0 Å². The topological polar surface area (TPSA) is 86.5 Å². The molecule has 27 heavy (non-hydrogen) atoms. The lowest BCUT2D eigenvalue weighted by atomic mass is 10.1. The van der Waals surface area contributed by atoms with Crippen LogP contribution in [0.15, 0.2) is 23.6 Å². The van der Waals surface area contributed by atoms with Crippen molar-refractivity contribution < 1.29 is 14.3 Å². The predicted octanol–water partition coefficient (Wildman–Crippen LogP) is 3.43. The molecular weight excluding hydrogens is 386 g/mol. The number of thiazole rings is 1. The van der Waals surface area contributed by atoms with Gasteiger partial charge in [-0.25, -0.2) is 4.98 Å². The second-order valence-corrected chi connectivity index (χ2v) is 7.31. The van der Waals surface area contributed by atoms with E-state index in [1.807, 2.05) is 18.2 Å². The Labute approximate surface area is 170 Å². The number of aromatic nitrogens is 1. The lowest BCUT2D eigenvalue weighted by molar-refractivity contribution is 0.0946. The summed E-state index contributed by atoms with van der Waals surface area (Å²) in [6, 6.07) is 5.68. The van der Waals surface area contributed by atoms with Crippen LogP contribution in [0.5, 0.6) is 11.5 Å². The number of methoxy groups -OCH3 is 1. The third-order valence-corrected chi connectivity index (χ3v) is 4.69. The van der Waals surface area contributed by atoms with Gasteiger partial charge in [-0.3, -0.25) is 4.79 Å². The van der Waals surface area contributed by atoms with E-state index in [1.54, 1.807) is 12.5 Å². The summed E-state index contributed by atoms with van der Waals surface area (Å²) < 4.78 is 11.2. The number of hydrogen-bond acceptors (Lipinski definition) is 6. The summed E-state index contributed by atoms with van der Waals surface area (Å²) in [6.45, 7) is 5.89. The van der Waals surface area contributed by atoms with Crippen LogP contribution in [-0.2, 0) is 13.0 Å². The number of ether oxygens (including phenoxy) is 2. The van der Waals surface area contributed by atoms with Gasteiger partial charge in [0.25, 0.3) is 5.91 Å². The fraction of sp³-hybridized carbons (Fsp3) is 0.474. The zero-order chi connectivity index (χ0) is 18.9. The number of halogens is 1. The molecule has 1 aromatic heterocycles. The van der Waals surface area contributed by atoms with E-state index >= 15 is 0 Å². The molecule has 1 amide bonds. The van der Waals surface area contributed by atoms with Crippen LogP contribution in [0.3, 0.4) is 0 Å².